The summed E-state index contributed by atoms with van der Waals surface area (Å²) in [6.45, 7) is -1.28. The van der Waals surface area contributed by atoms with Gasteiger partial charge in [-0.1, -0.05) is 18.2 Å². The highest BCUT2D eigenvalue weighted by Gasteiger charge is 2.32. The first kappa shape index (κ1) is 15.8. The van der Waals surface area contributed by atoms with E-state index in [4.69, 9.17) is 0 Å². The molecule has 116 valence electrons. The van der Waals surface area contributed by atoms with Crippen molar-refractivity contribution in [1.29, 1.82) is 0 Å². The average Bonchev–Trinajstić information content (AvgIpc) is 3.22. The van der Waals surface area contributed by atoms with Crippen LogP contribution in [0.15, 0.2) is 24.3 Å². The third-order valence-corrected chi connectivity index (χ3v) is 3.23. The average molecular weight is 304 g/mol. The van der Waals surface area contributed by atoms with E-state index in [2.05, 4.69) is 0 Å². The maximum absolute atomic E-state index is 13.6. The largest absolute Gasteiger partial charge is 0.405 e. The molecule has 1 aliphatic carbocycles. The molecule has 0 heterocycles. The molecule has 0 atom stereocenters. The van der Waals surface area contributed by atoms with Gasteiger partial charge in [0.05, 0.1) is 6.54 Å². The van der Waals surface area contributed by atoms with E-state index in [1.54, 1.807) is 23.1 Å². The number of amides is 1. The van der Waals surface area contributed by atoms with Crippen LogP contribution in [0.25, 0.3) is 0 Å². The quantitative estimate of drug-likeness (QED) is 0.819. The molecule has 1 fully saturated rings. The third-order valence-electron chi connectivity index (χ3n) is 3.23. The van der Waals surface area contributed by atoms with Crippen LogP contribution < -0.4 is 5.32 Å². The molecule has 7 heteroatoms. The first-order valence-corrected chi connectivity index (χ1v) is 6.66. The lowest BCUT2D eigenvalue weighted by molar-refractivity contribution is -0.139. The molecule has 1 aliphatic rings. The van der Waals surface area contributed by atoms with Crippen LogP contribution >= 0.6 is 0 Å². The number of carbonyl (C=O) groups is 1. The summed E-state index contributed by atoms with van der Waals surface area (Å²) in [5.41, 5.74) is 0.438. The Labute approximate surface area is 119 Å². The van der Waals surface area contributed by atoms with Gasteiger partial charge in [-0.05, 0) is 18.9 Å². The van der Waals surface area contributed by atoms with Crippen molar-refractivity contribution in [2.45, 2.75) is 31.6 Å². The molecule has 0 radical (unpaired) electrons. The SMILES string of the molecule is O=C(CN(Cc1ccccc1F)C1CC1)NCC(F)(F)F. The fraction of sp³-hybridized carbons (Fsp3) is 0.500. The predicted octanol–water partition coefficient (Wildman–Crippen LogP) is 2.47. The van der Waals surface area contributed by atoms with Gasteiger partial charge in [-0.25, -0.2) is 4.39 Å². The Hall–Kier alpha value is -1.63. The topological polar surface area (TPSA) is 32.3 Å². The van der Waals surface area contributed by atoms with E-state index < -0.39 is 18.6 Å². The number of alkyl halides is 3. The molecule has 0 saturated heterocycles. The fourth-order valence-electron chi connectivity index (χ4n) is 2.04. The van der Waals surface area contributed by atoms with Crippen LogP contribution in [-0.4, -0.2) is 36.1 Å². The summed E-state index contributed by atoms with van der Waals surface area (Å²) >= 11 is 0. The van der Waals surface area contributed by atoms with Crippen molar-refractivity contribution in [3.8, 4) is 0 Å². The van der Waals surface area contributed by atoms with Crippen molar-refractivity contribution in [2.75, 3.05) is 13.1 Å². The standard InChI is InChI=1S/C14H16F4N2O/c15-12-4-2-1-3-10(12)7-20(11-5-6-11)8-13(21)19-9-14(16,17)18/h1-4,11H,5-9H2,(H,19,21). The fourth-order valence-corrected chi connectivity index (χ4v) is 2.04. The molecule has 1 saturated carbocycles. The maximum Gasteiger partial charge on any atom is 0.405 e. The van der Waals surface area contributed by atoms with Gasteiger partial charge in [0.25, 0.3) is 0 Å². The van der Waals surface area contributed by atoms with Gasteiger partial charge in [0, 0.05) is 18.2 Å². The number of benzene rings is 1. The zero-order valence-corrected chi connectivity index (χ0v) is 11.3. The Morgan fingerprint density at radius 1 is 1.29 bits per heavy atom. The van der Waals surface area contributed by atoms with Crippen LogP contribution in [0.5, 0.6) is 0 Å². The minimum absolute atomic E-state index is 0.140. The van der Waals surface area contributed by atoms with Crippen LogP contribution in [-0.2, 0) is 11.3 Å². The van der Waals surface area contributed by atoms with Crippen molar-refractivity contribution in [3.63, 3.8) is 0 Å². The number of halogens is 4. The lowest BCUT2D eigenvalue weighted by atomic mass is 10.2. The maximum atomic E-state index is 13.6. The molecule has 1 N–H and O–H groups in total. The zero-order valence-electron chi connectivity index (χ0n) is 11.3. The molecular weight excluding hydrogens is 288 g/mol. The van der Waals surface area contributed by atoms with Crippen molar-refractivity contribution in [2.24, 2.45) is 0 Å². The van der Waals surface area contributed by atoms with Gasteiger partial charge in [-0.15, -0.1) is 0 Å². The second-order valence-corrected chi connectivity index (χ2v) is 5.12. The van der Waals surface area contributed by atoms with Gasteiger partial charge in [-0.3, -0.25) is 9.69 Å². The summed E-state index contributed by atoms with van der Waals surface area (Å²) in [5, 5.41) is 1.84. The van der Waals surface area contributed by atoms with Crippen molar-refractivity contribution in [3.05, 3.63) is 35.6 Å². The number of hydrogen-bond acceptors (Lipinski definition) is 2. The molecule has 0 aliphatic heterocycles. The zero-order chi connectivity index (χ0) is 15.5. The van der Waals surface area contributed by atoms with E-state index in [1.165, 1.54) is 6.07 Å². The number of hydrogen-bond donors (Lipinski definition) is 1. The van der Waals surface area contributed by atoms with Gasteiger partial charge in [-0.2, -0.15) is 13.2 Å². The van der Waals surface area contributed by atoms with Crippen molar-refractivity contribution >= 4 is 5.91 Å². The summed E-state index contributed by atoms with van der Waals surface area (Å²) in [6, 6.07) is 6.33. The Balaban J connectivity index is 1.91. The highest BCUT2D eigenvalue weighted by molar-refractivity contribution is 5.78. The number of carbonyl (C=O) groups excluding carboxylic acids is 1. The van der Waals surface area contributed by atoms with Crippen LogP contribution in [0.1, 0.15) is 18.4 Å². The predicted molar refractivity (Wildman–Crippen MR) is 68.9 cm³/mol. The molecule has 3 nitrogen and oxygen atoms in total. The lowest BCUT2D eigenvalue weighted by Gasteiger charge is -2.22. The van der Waals surface area contributed by atoms with Crippen LogP contribution in [0.4, 0.5) is 17.6 Å². The summed E-state index contributed by atoms with van der Waals surface area (Å²) in [4.78, 5) is 13.3. The number of nitrogens with zero attached hydrogens (tertiary/aromatic N) is 1. The van der Waals surface area contributed by atoms with E-state index in [1.807, 2.05) is 5.32 Å². The summed E-state index contributed by atoms with van der Waals surface area (Å²) < 4.78 is 49.7. The number of rotatable bonds is 6. The molecular formula is C14H16F4N2O. The first-order chi connectivity index (χ1) is 9.85. The minimum Gasteiger partial charge on any atom is -0.346 e. The smallest absolute Gasteiger partial charge is 0.346 e. The lowest BCUT2D eigenvalue weighted by Crippen LogP contribution is -2.41. The van der Waals surface area contributed by atoms with Gasteiger partial charge in [0.2, 0.25) is 5.91 Å². The van der Waals surface area contributed by atoms with Gasteiger partial charge in [0.15, 0.2) is 0 Å². The Morgan fingerprint density at radius 3 is 2.52 bits per heavy atom. The summed E-state index contributed by atoms with van der Waals surface area (Å²) in [7, 11) is 0. The first-order valence-electron chi connectivity index (χ1n) is 6.66. The van der Waals surface area contributed by atoms with Crippen molar-refractivity contribution < 1.29 is 22.4 Å². The number of nitrogens with one attached hydrogen (secondary N) is 1. The molecule has 0 unspecified atom stereocenters. The molecule has 0 aromatic heterocycles. The van der Waals surface area contributed by atoms with Crippen LogP contribution in [0, 0.1) is 5.82 Å². The third kappa shape index (κ3) is 5.34. The van der Waals surface area contributed by atoms with E-state index >= 15 is 0 Å². The Bertz CT molecular complexity index is 500. The summed E-state index contributed by atoms with van der Waals surface area (Å²) in [6.07, 6.45) is -2.67. The van der Waals surface area contributed by atoms with Gasteiger partial charge in [0.1, 0.15) is 12.4 Å². The van der Waals surface area contributed by atoms with E-state index in [-0.39, 0.29) is 24.9 Å². The second-order valence-electron chi connectivity index (χ2n) is 5.12. The normalized spacial score (nSPS) is 15.3. The second kappa shape index (κ2) is 6.43. The molecule has 0 bridgehead atoms. The summed E-state index contributed by atoms with van der Waals surface area (Å²) in [5.74, 6) is -1.07. The Morgan fingerprint density at radius 2 is 1.95 bits per heavy atom. The molecule has 2 rings (SSSR count). The Kier molecular flexibility index (Phi) is 4.82. The van der Waals surface area contributed by atoms with Crippen LogP contribution in [0.3, 0.4) is 0 Å². The molecule has 1 amide bonds. The van der Waals surface area contributed by atoms with Gasteiger partial charge >= 0.3 is 6.18 Å². The monoisotopic (exact) mass is 304 g/mol. The molecule has 0 spiro atoms. The van der Waals surface area contributed by atoms with Crippen LogP contribution in [0.2, 0.25) is 0 Å². The minimum atomic E-state index is -4.42. The van der Waals surface area contributed by atoms with Gasteiger partial charge < -0.3 is 5.32 Å². The van der Waals surface area contributed by atoms with Crippen molar-refractivity contribution in [1.82, 2.24) is 10.2 Å². The molecule has 1 aromatic carbocycles. The van der Waals surface area contributed by atoms with E-state index in [0.29, 0.717) is 5.56 Å². The van der Waals surface area contributed by atoms with E-state index in [9.17, 15) is 22.4 Å². The molecule has 1 aromatic rings. The highest BCUT2D eigenvalue weighted by Crippen LogP contribution is 2.28. The molecule has 21 heavy (non-hydrogen) atoms. The van der Waals surface area contributed by atoms with E-state index in [0.717, 1.165) is 12.8 Å². The highest BCUT2D eigenvalue weighted by atomic mass is 19.4.